The average Bonchev–Trinajstić information content (AvgIpc) is 2.50. The second kappa shape index (κ2) is 5.23. The molecule has 18 heavy (non-hydrogen) atoms. The van der Waals surface area contributed by atoms with E-state index >= 15 is 0 Å². The molecule has 0 saturated heterocycles. The molecular formula is C15H14ClNO. The maximum atomic E-state index is 12.1. The normalized spacial score (nSPS) is 19.4. The second-order valence-electron chi connectivity index (χ2n) is 3.98. The van der Waals surface area contributed by atoms with Crippen molar-refractivity contribution >= 4 is 17.5 Å². The second-order valence-corrected chi connectivity index (χ2v) is 4.41. The summed E-state index contributed by atoms with van der Waals surface area (Å²) >= 11 is 6.49. The SMILES string of the molecule is C=CC1=C(/C=C\C)C(Cl)c2ccccc2C(=O)N1. The highest BCUT2D eigenvalue weighted by Gasteiger charge is 2.25. The van der Waals surface area contributed by atoms with E-state index in [1.807, 2.05) is 37.3 Å². The van der Waals surface area contributed by atoms with Gasteiger partial charge in [0.25, 0.3) is 5.91 Å². The van der Waals surface area contributed by atoms with E-state index in [9.17, 15) is 4.79 Å². The first-order chi connectivity index (χ1) is 8.69. The van der Waals surface area contributed by atoms with Crippen LogP contribution in [0.3, 0.4) is 0 Å². The molecule has 92 valence electrons. The zero-order valence-corrected chi connectivity index (χ0v) is 10.9. The minimum Gasteiger partial charge on any atom is -0.322 e. The van der Waals surface area contributed by atoms with Crippen LogP contribution < -0.4 is 5.32 Å². The first-order valence-corrected chi connectivity index (χ1v) is 6.16. The fourth-order valence-electron chi connectivity index (χ4n) is 2.01. The molecule has 1 atom stereocenters. The lowest BCUT2D eigenvalue weighted by molar-refractivity contribution is 0.0967. The molecule has 1 amide bonds. The first kappa shape index (κ1) is 12.7. The number of carbonyl (C=O) groups excluding carboxylic acids is 1. The molecule has 0 fully saturated rings. The maximum Gasteiger partial charge on any atom is 0.256 e. The van der Waals surface area contributed by atoms with Gasteiger partial charge >= 0.3 is 0 Å². The highest BCUT2D eigenvalue weighted by molar-refractivity contribution is 6.24. The van der Waals surface area contributed by atoms with Gasteiger partial charge in [0.15, 0.2) is 0 Å². The molecule has 0 aliphatic carbocycles. The third-order valence-corrected chi connectivity index (χ3v) is 3.33. The molecule has 1 aliphatic heterocycles. The molecule has 0 bridgehead atoms. The molecule has 1 N–H and O–H groups in total. The summed E-state index contributed by atoms with van der Waals surface area (Å²) in [6.45, 7) is 5.64. The minimum absolute atomic E-state index is 0.148. The molecule has 1 unspecified atom stereocenters. The van der Waals surface area contributed by atoms with Gasteiger partial charge in [0.05, 0.1) is 5.38 Å². The third kappa shape index (κ3) is 2.12. The lowest BCUT2D eigenvalue weighted by Crippen LogP contribution is -2.21. The first-order valence-electron chi connectivity index (χ1n) is 5.72. The number of alkyl halides is 1. The Kier molecular flexibility index (Phi) is 3.68. The Balaban J connectivity index is 2.65. The summed E-state index contributed by atoms with van der Waals surface area (Å²) in [5.74, 6) is -0.148. The Morgan fingerprint density at radius 1 is 1.39 bits per heavy atom. The zero-order chi connectivity index (χ0) is 13.1. The van der Waals surface area contributed by atoms with Gasteiger partial charge in [-0.3, -0.25) is 4.79 Å². The summed E-state index contributed by atoms with van der Waals surface area (Å²) in [6, 6.07) is 7.37. The molecule has 0 aromatic heterocycles. The Hall–Kier alpha value is -1.80. The molecule has 1 aromatic rings. The summed E-state index contributed by atoms with van der Waals surface area (Å²) < 4.78 is 0. The van der Waals surface area contributed by atoms with E-state index in [2.05, 4.69) is 11.9 Å². The van der Waals surface area contributed by atoms with Crippen LogP contribution in [0.2, 0.25) is 0 Å². The predicted molar refractivity (Wildman–Crippen MR) is 74.5 cm³/mol. The van der Waals surface area contributed by atoms with E-state index in [1.165, 1.54) is 0 Å². The number of fused-ring (bicyclic) bond motifs is 1. The van der Waals surface area contributed by atoms with E-state index < -0.39 is 0 Å². The molecule has 2 rings (SSSR count). The molecule has 1 aromatic carbocycles. The van der Waals surface area contributed by atoms with Crippen molar-refractivity contribution in [2.45, 2.75) is 12.3 Å². The van der Waals surface area contributed by atoms with Crippen LogP contribution in [0, 0.1) is 0 Å². The van der Waals surface area contributed by atoms with Gasteiger partial charge in [-0.1, -0.05) is 36.9 Å². The Morgan fingerprint density at radius 2 is 2.11 bits per heavy atom. The van der Waals surface area contributed by atoms with Crippen LogP contribution in [-0.2, 0) is 0 Å². The standard InChI is InChI=1S/C15H14ClNO/c1-3-7-12-13(4-2)17-15(18)11-9-6-5-8-10(11)14(12)16/h3-9,14H,2H2,1H3,(H,17,18)/b7-3-. The number of nitrogens with one attached hydrogen (secondary N) is 1. The van der Waals surface area contributed by atoms with Crippen molar-refractivity contribution in [1.82, 2.24) is 5.32 Å². The van der Waals surface area contributed by atoms with Crippen molar-refractivity contribution in [3.05, 3.63) is 71.5 Å². The van der Waals surface area contributed by atoms with Crippen molar-refractivity contribution in [3.63, 3.8) is 0 Å². The summed E-state index contributed by atoms with van der Waals surface area (Å²) in [5, 5.41) is 2.48. The molecule has 1 aliphatic rings. The number of benzene rings is 1. The molecular weight excluding hydrogens is 246 g/mol. The predicted octanol–water partition coefficient (Wildman–Crippen LogP) is 3.73. The average molecular weight is 260 g/mol. The fourth-order valence-corrected chi connectivity index (χ4v) is 2.39. The molecule has 0 radical (unpaired) electrons. The van der Waals surface area contributed by atoms with E-state index in [4.69, 9.17) is 11.6 Å². The third-order valence-electron chi connectivity index (χ3n) is 2.86. The van der Waals surface area contributed by atoms with Gasteiger partial charge in [-0.25, -0.2) is 0 Å². The van der Waals surface area contributed by atoms with Gasteiger partial charge in [-0.2, -0.15) is 0 Å². The number of amides is 1. The van der Waals surface area contributed by atoms with Crippen molar-refractivity contribution in [2.24, 2.45) is 0 Å². The lowest BCUT2D eigenvalue weighted by Gasteiger charge is -2.12. The van der Waals surface area contributed by atoms with Crippen molar-refractivity contribution in [3.8, 4) is 0 Å². The van der Waals surface area contributed by atoms with E-state index in [-0.39, 0.29) is 11.3 Å². The fraction of sp³-hybridized carbons (Fsp3) is 0.133. The Bertz CT molecular complexity index is 557. The van der Waals surface area contributed by atoms with Crippen LogP contribution in [0.5, 0.6) is 0 Å². The highest BCUT2D eigenvalue weighted by atomic mass is 35.5. The quantitative estimate of drug-likeness (QED) is 0.806. The van der Waals surface area contributed by atoms with E-state index in [1.54, 1.807) is 12.1 Å². The van der Waals surface area contributed by atoms with Crippen molar-refractivity contribution in [2.75, 3.05) is 0 Å². The van der Waals surface area contributed by atoms with Crippen LogP contribution in [0.15, 0.2) is 60.3 Å². The molecule has 1 heterocycles. The lowest BCUT2D eigenvalue weighted by atomic mass is 9.99. The Labute approximate surface area is 112 Å². The highest BCUT2D eigenvalue weighted by Crippen LogP contribution is 2.35. The van der Waals surface area contributed by atoms with E-state index in [0.717, 1.165) is 11.1 Å². The summed E-state index contributed by atoms with van der Waals surface area (Å²) in [7, 11) is 0. The monoisotopic (exact) mass is 259 g/mol. The Morgan fingerprint density at radius 3 is 2.78 bits per heavy atom. The van der Waals surface area contributed by atoms with Gasteiger partial charge in [0.1, 0.15) is 0 Å². The molecule has 0 spiro atoms. The summed E-state index contributed by atoms with van der Waals surface area (Å²) in [5.41, 5.74) is 2.94. The number of carbonyl (C=O) groups is 1. The van der Waals surface area contributed by atoms with Crippen LogP contribution in [0.25, 0.3) is 0 Å². The summed E-state index contributed by atoms with van der Waals surface area (Å²) in [4.78, 5) is 12.1. The van der Waals surface area contributed by atoms with Gasteiger partial charge in [0.2, 0.25) is 0 Å². The number of hydrogen-bond donors (Lipinski definition) is 1. The van der Waals surface area contributed by atoms with Crippen LogP contribution in [0.4, 0.5) is 0 Å². The zero-order valence-electron chi connectivity index (χ0n) is 10.1. The van der Waals surface area contributed by atoms with Crippen molar-refractivity contribution < 1.29 is 4.79 Å². The topological polar surface area (TPSA) is 29.1 Å². The van der Waals surface area contributed by atoms with Crippen LogP contribution in [0.1, 0.15) is 28.2 Å². The number of rotatable bonds is 2. The van der Waals surface area contributed by atoms with Crippen LogP contribution in [-0.4, -0.2) is 5.91 Å². The number of hydrogen-bond acceptors (Lipinski definition) is 1. The summed E-state index contributed by atoms with van der Waals surface area (Å²) in [6.07, 6.45) is 5.42. The molecule has 2 nitrogen and oxygen atoms in total. The van der Waals surface area contributed by atoms with Gasteiger partial charge < -0.3 is 5.32 Å². The van der Waals surface area contributed by atoms with Gasteiger partial charge in [-0.15, -0.1) is 11.6 Å². The van der Waals surface area contributed by atoms with Crippen LogP contribution >= 0.6 is 11.6 Å². The molecule has 3 heteroatoms. The largest absolute Gasteiger partial charge is 0.322 e. The number of halogens is 1. The van der Waals surface area contributed by atoms with Crippen molar-refractivity contribution in [1.29, 1.82) is 0 Å². The van der Waals surface area contributed by atoms with Gasteiger partial charge in [0, 0.05) is 11.3 Å². The molecule has 0 saturated carbocycles. The van der Waals surface area contributed by atoms with E-state index in [0.29, 0.717) is 11.3 Å². The smallest absolute Gasteiger partial charge is 0.256 e. The van der Waals surface area contributed by atoms with Gasteiger partial charge in [-0.05, 0) is 30.2 Å². The minimum atomic E-state index is -0.357. The maximum absolute atomic E-state index is 12.1. The number of allylic oxidation sites excluding steroid dienone is 4.